The number of hydrogen-bond donors (Lipinski definition) is 3. The summed E-state index contributed by atoms with van der Waals surface area (Å²) in [7, 11) is 0. The summed E-state index contributed by atoms with van der Waals surface area (Å²) in [6, 6.07) is 5.29. The van der Waals surface area contributed by atoms with Crippen LogP contribution in [0, 0.1) is 12.8 Å². The molecule has 4 nitrogen and oxygen atoms in total. The fourth-order valence-electron chi connectivity index (χ4n) is 1.37. The molecule has 0 bridgehead atoms. The summed E-state index contributed by atoms with van der Waals surface area (Å²) in [6.45, 7) is 7.67. The highest BCUT2D eigenvalue weighted by Crippen LogP contribution is 2.23. The van der Waals surface area contributed by atoms with Crippen LogP contribution >= 0.6 is 15.9 Å². The molecule has 5 heteroatoms. The maximum Gasteiger partial charge on any atom is 0.319 e. The molecule has 0 fully saturated rings. The molecule has 0 aliphatic carbocycles. The quantitative estimate of drug-likeness (QED) is 0.794. The van der Waals surface area contributed by atoms with Gasteiger partial charge in [0.05, 0.1) is 5.60 Å². The van der Waals surface area contributed by atoms with Crippen LogP contribution in [0.1, 0.15) is 26.3 Å². The molecule has 106 valence electrons. The number of halogens is 1. The van der Waals surface area contributed by atoms with Gasteiger partial charge in [0.2, 0.25) is 0 Å². The molecule has 1 atom stereocenters. The molecule has 0 aliphatic heterocycles. The molecule has 1 unspecified atom stereocenters. The van der Waals surface area contributed by atoms with Crippen LogP contribution in [0.4, 0.5) is 10.5 Å². The van der Waals surface area contributed by atoms with E-state index >= 15 is 0 Å². The topological polar surface area (TPSA) is 61.4 Å². The van der Waals surface area contributed by atoms with Gasteiger partial charge in [0.25, 0.3) is 0 Å². The smallest absolute Gasteiger partial charge is 0.319 e. The zero-order valence-corrected chi connectivity index (χ0v) is 13.3. The number of urea groups is 1. The van der Waals surface area contributed by atoms with Gasteiger partial charge < -0.3 is 15.7 Å². The molecule has 0 spiro atoms. The Labute approximate surface area is 122 Å². The molecule has 0 aromatic heterocycles. The lowest BCUT2D eigenvalue weighted by molar-refractivity contribution is 0.0170. The molecule has 0 saturated carbocycles. The number of aliphatic hydroxyl groups is 1. The van der Waals surface area contributed by atoms with E-state index in [1.807, 2.05) is 39.0 Å². The third kappa shape index (κ3) is 4.51. The predicted octanol–water partition coefficient (Wildman–Crippen LogP) is 3.29. The van der Waals surface area contributed by atoms with Crippen molar-refractivity contribution in [3.8, 4) is 0 Å². The third-order valence-corrected chi connectivity index (χ3v) is 4.23. The highest BCUT2D eigenvalue weighted by molar-refractivity contribution is 9.10. The van der Waals surface area contributed by atoms with Gasteiger partial charge in [-0.15, -0.1) is 0 Å². The van der Waals surface area contributed by atoms with E-state index in [1.165, 1.54) is 0 Å². The largest absolute Gasteiger partial charge is 0.388 e. The predicted molar refractivity (Wildman–Crippen MR) is 81.4 cm³/mol. The SMILES string of the molecule is Cc1c(Br)cccc1NC(=O)NCC(C)(O)C(C)C. The molecule has 0 aliphatic rings. The van der Waals surface area contributed by atoms with Crippen molar-refractivity contribution >= 4 is 27.6 Å². The van der Waals surface area contributed by atoms with E-state index in [-0.39, 0.29) is 18.5 Å². The highest BCUT2D eigenvalue weighted by atomic mass is 79.9. The van der Waals surface area contributed by atoms with Crippen molar-refractivity contribution in [2.75, 3.05) is 11.9 Å². The first-order chi connectivity index (χ1) is 8.74. The summed E-state index contributed by atoms with van der Waals surface area (Å²) in [6.07, 6.45) is 0. The molecule has 1 aromatic carbocycles. The second kappa shape index (κ2) is 6.39. The molecular weight excluding hydrogens is 308 g/mol. The molecule has 3 N–H and O–H groups in total. The van der Waals surface area contributed by atoms with Crippen LogP contribution in [-0.4, -0.2) is 23.3 Å². The highest BCUT2D eigenvalue weighted by Gasteiger charge is 2.25. The number of rotatable bonds is 4. The van der Waals surface area contributed by atoms with E-state index in [0.717, 1.165) is 15.7 Å². The van der Waals surface area contributed by atoms with Gasteiger partial charge in [-0.1, -0.05) is 35.8 Å². The van der Waals surface area contributed by atoms with Gasteiger partial charge in [-0.2, -0.15) is 0 Å². The molecule has 2 amide bonds. The molecular formula is C14H21BrN2O2. The summed E-state index contributed by atoms with van der Waals surface area (Å²) >= 11 is 3.41. The fourth-order valence-corrected chi connectivity index (χ4v) is 1.74. The van der Waals surface area contributed by atoms with Crippen LogP contribution in [0.5, 0.6) is 0 Å². The Morgan fingerprint density at radius 2 is 2.11 bits per heavy atom. The van der Waals surface area contributed by atoms with Crippen molar-refractivity contribution in [1.82, 2.24) is 5.32 Å². The summed E-state index contributed by atoms with van der Waals surface area (Å²) in [5, 5.41) is 15.5. The zero-order chi connectivity index (χ0) is 14.6. The van der Waals surface area contributed by atoms with Crippen molar-refractivity contribution in [2.24, 2.45) is 5.92 Å². The van der Waals surface area contributed by atoms with Gasteiger partial charge in [0, 0.05) is 16.7 Å². The monoisotopic (exact) mass is 328 g/mol. The van der Waals surface area contributed by atoms with E-state index in [4.69, 9.17) is 0 Å². The number of amides is 2. The van der Waals surface area contributed by atoms with Gasteiger partial charge in [-0.05, 0) is 37.5 Å². The molecule has 1 rings (SSSR count). The second-order valence-corrected chi connectivity index (χ2v) is 6.09. The van der Waals surface area contributed by atoms with Crippen molar-refractivity contribution in [2.45, 2.75) is 33.3 Å². The van der Waals surface area contributed by atoms with Crippen LogP contribution in [0.15, 0.2) is 22.7 Å². The number of benzene rings is 1. The second-order valence-electron chi connectivity index (χ2n) is 5.23. The fraction of sp³-hybridized carbons (Fsp3) is 0.500. The summed E-state index contributed by atoms with van der Waals surface area (Å²) in [5.74, 6) is 0.0698. The maximum atomic E-state index is 11.8. The third-order valence-electron chi connectivity index (χ3n) is 3.37. The minimum absolute atomic E-state index is 0.0698. The van der Waals surface area contributed by atoms with Crippen LogP contribution in [-0.2, 0) is 0 Å². The van der Waals surface area contributed by atoms with Crippen LogP contribution in [0.2, 0.25) is 0 Å². The standard InChI is InChI=1S/C14H21BrN2O2/c1-9(2)14(4,19)8-16-13(18)17-12-7-5-6-11(15)10(12)3/h5-7,9,19H,8H2,1-4H3,(H2,16,17,18). The maximum absolute atomic E-state index is 11.8. The van der Waals surface area contributed by atoms with Crippen molar-refractivity contribution < 1.29 is 9.90 Å². The van der Waals surface area contributed by atoms with Crippen LogP contribution in [0.3, 0.4) is 0 Å². The molecule has 0 saturated heterocycles. The lowest BCUT2D eigenvalue weighted by atomic mass is 9.93. The first-order valence-electron chi connectivity index (χ1n) is 6.26. The lowest BCUT2D eigenvalue weighted by Gasteiger charge is -2.27. The average molecular weight is 329 g/mol. The minimum Gasteiger partial charge on any atom is -0.388 e. The van der Waals surface area contributed by atoms with Crippen LogP contribution in [0.25, 0.3) is 0 Å². The Bertz CT molecular complexity index is 459. The molecule has 19 heavy (non-hydrogen) atoms. The summed E-state index contributed by atoms with van der Waals surface area (Å²) in [5.41, 5.74) is 0.799. The van der Waals surface area contributed by atoms with E-state index in [1.54, 1.807) is 6.92 Å². The van der Waals surface area contributed by atoms with E-state index < -0.39 is 5.60 Å². The van der Waals surface area contributed by atoms with Crippen LogP contribution < -0.4 is 10.6 Å². The lowest BCUT2D eigenvalue weighted by Crippen LogP contribution is -2.45. The van der Waals surface area contributed by atoms with Crippen molar-refractivity contribution in [1.29, 1.82) is 0 Å². The van der Waals surface area contributed by atoms with Gasteiger partial charge in [-0.25, -0.2) is 4.79 Å². The van der Waals surface area contributed by atoms with E-state index in [0.29, 0.717) is 0 Å². The molecule has 1 aromatic rings. The van der Waals surface area contributed by atoms with Gasteiger partial charge in [-0.3, -0.25) is 0 Å². The normalized spacial score (nSPS) is 14.1. The first-order valence-corrected chi connectivity index (χ1v) is 7.05. The van der Waals surface area contributed by atoms with Gasteiger partial charge in [0.1, 0.15) is 0 Å². The van der Waals surface area contributed by atoms with Crippen molar-refractivity contribution in [3.05, 3.63) is 28.2 Å². The zero-order valence-electron chi connectivity index (χ0n) is 11.7. The Morgan fingerprint density at radius 3 is 2.68 bits per heavy atom. The summed E-state index contributed by atoms with van der Waals surface area (Å²) < 4.78 is 0.944. The number of hydrogen-bond acceptors (Lipinski definition) is 2. The van der Waals surface area contributed by atoms with Gasteiger partial charge >= 0.3 is 6.03 Å². The van der Waals surface area contributed by atoms with Crippen molar-refractivity contribution in [3.63, 3.8) is 0 Å². The number of carbonyl (C=O) groups is 1. The Morgan fingerprint density at radius 1 is 1.47 bits per heavy atom. The summed E-state index contributed by atoms with van der Waals surface area (Å²) in [4.78, 5) is 11.8. The van der Waals surface area contributed by atoms with E-state index in [9.17, 15) is 9.90 Å². The van der Waals surface area contributed by atoms with Gasteiger partial charge in [0.15, 0.2) is 0 Å². The van der Waals surface area contributed by atoms with E-state index in [2.05, 4.69) is 26.6 Å². The average Bonchev–Trinajstić information content (AvgIpc) is 2.32. The Balaban J connectivity index is 2.59. The first kappa shape index (κ1) is 16.0. The number of carbonyl (C=O) groups excluding carboxylic acids is 1. The molecule has 0 radical (unpaired) electrons. The minimum atomic E-state index is -0.913. The Kier molecular flexibility index (Phi) is 5.38. The number of nitrogens with one attached hydrogen (secondary N) is 2. The Hall–Kier alpha value is -1.07. The number of anilines is 1. The molecule has 0 heterocycles.